The summed E-state index contributed by atoms with van der Waals surface area (Å²) in [5, 5.41) is 7.40. The highest BCUT2D eigenvalue weighted by molar-refractivity contribution is 7.90. The number of anilines is 2. The van der Waals surface area contributed by atoms with E-state index in [1.54, 1.807) is 25.2 Å². The lowest BCUT2D eigenvalue weighted by Crippen LogP contribution is -2.43. The Morgan fingerprint density at radius 1 is 1.16 bits per heavy atom. The molecule has 2 N–H and O–H groups in total. The van der Waals surface area contributed by atoms with Gasteiger partial charge in [0.1, 0.15) is 11.5 Å². The topological polar surface area (TPSA) is 106 Å². The molecule has 4 rings (SSSR count). The number of benzene rings is 2. The summed E-state index contributed by atoms with van der Waals surface area (Å²) in [5.74, 6) is -1.05. The van der Waals surface area contributed by atoms with E-state index in [0.29, 0.717) is 35.5 Å². The van der Waals surface area contributed by atoms with E-state index in [1.807, 2.05) is 0 Å². The minimum absolute atomic E-state index is 0.107. The molecule has 1 aliphatic rings. The van der Waals surface area contributed by atoms with Crippen LogP contribution in [0.3, 0.4) is 0 Å². The van der Waals surface area contributed by atoms with Crippen LogP contribution in [0.15, 0.2) is 36.4 Å². The lowest BCUT2D eigenvalue weighted by atomic mass is 10.2. The van der Waals surface area contributed by atoms with Crippen LogP contribution in [-0.4, -0.2) is 54.7 Å². The first-order valence-corrected chi connectivity index (χ1v) is 11.2. The summed E-state index contributed by atoms with van der Waals surface area (Å²) in [5.41, 5.74) is 1.36. The van der Waals surface area contributed by atoms with Gasteiger partial charge in [-0.25, -0.2) is 4.39 Å². The number of amides is 1. The normalized spacial score (nSPS) is 15.2. The van der Waals surface area contributed by atoms with Gasteiger partial charge >= 0.3 is 10.2 Å². The molecule has 0 aliphatic carbocycles. The molecule has 2 aromatic carbocycles. The van der Waals surface area contributed by atoms with Gasteiger partial charge in [-0.2, -0.15) is 17.8 Å². The van der Waals surface area contributed by atoms with Crippen molar-refractivity contribution in [1.29, 1.82) is 0 Å². The maximum atomic E-state index is 13.3. The maximum absolute atomic E-state index is 13.3. The highest BCUT2D eigenvalue weighted by Crippen LogP contribution is 2.25. The number of fused-ring (bicyclic) bond motifs is 1. The molecule has 2 heterocycles. The van der Waals surface area contributed by atoms with Gasteiger partial charge in [0.15, 0.2) is 0 Å². The van der Waals surface area contributed by atoms with Crippen molar-refractivity contribution in [3.8, 4) is 0 Å². The van der Waals surface area contributed by atoms with Crippen molar-refractivity contribution in [2.75, 3.05) is 36.3 Å². The number of morpholine rings is 1. The number of aryl methyl sites for hydroxylation is 1. The summed E-state index contributed by atoms with van der Waals surface area (Å²) in [6, 6.07) is 8.60. The molecule has 31 heavy (non-hydrogen) atoms. The number of halogens is 2. The Hall–Kier alpha value is -2.73. The zero-order chi connectivity index (χ0) is 22.2. The molecule has 12 heteroatoms. The molecule has 3 aromatic rings. The van der Waals surface area contributed by atoms with E-state index in [0.717, 1.165) is 6.07 Å². The van der Waals surface area contributed by atoms with Gasteiger partial charge < -0.3 is 10.1 Å². The number of carbonyl (C=O) groups excluding carboxylic acids is 1. The predicted octanol–water partition coefficient (Wildman–Crippen LogP) is 2.61. The average Bonchev–Trinajstić information content (AvgIpc) is 3.06. The van der Waals surface area contributed by atoms with Crippen LogP contribution in [0.4, 0.5) is 15.8 Å². The third-order valence-corrected chi connectivity index (χ3v) is 6.61. The molecule has 1 aliphatic heterocycles. The molecule has 9 nitrogen and oxygen atoms in total. The van der Waals surface area contributed by atoms with Gasteiger partial charge in [-0.05, 0) is 36.4 Å². The zero-order valence-corrected chi connectivity index (χ0v) is 18.0. The molecular weight excluding hydrogens is 449 g/mol. The van der Waals surface area contributed by atoms with Gasteiger partial charge in [-0.15, -0.1) is 0 Å². The van der Waals surface area contributed by atoms with E-state index < -0.39 is 21.9 Å². The first kappa shape index (κ1) is 21.5. The van der Waals surface area contributed by atoms with Crippen molar-refractivity contribution in [3.05, 3.63) is 52.9 Å². The van der Waals surface area contributed by atoms with Crippen molar-refractivity contribution >= 4 is 50.0 Å². The number of nitrogens with zero attached hydrogens (tertiary/aromatic N) is 3. The van der Waals surface area contributed by atoms with Crippen LogP contribution in [0.5, 0.6) is 0 Å². The van der Waals surface area contributed by atoms with E-state index in [4.69, 9.17) is 16.3 Å². The first-order valence-electron chi connectivity index (χ1n) is 9.33. The summed E-state index contributed by atoms with van der Waals surface area (Å²) < 4.78 is 48.9. The van der Waals surface area contributed by atoms with Gasteiger partial charge in [0.2, 0.25) is 0 Å². The van der Waals surface area contributed by atoms with E-state index in [1.165, 1.54) is 21.1 Å². The number of aromatic nitrogens is 2. The van der Waals surface area contributed by atoms with Gasteiger partial charge in [-0.1, -0.05) is 11.6 Å². The van der Waals surface area contributed by atoms with Gasteiger partial charge in [0, 0.05) is 31.2 Å². The molecule has 0 atom stereocenters. The molecule has 0 saturated carbocycles. The number of ether oxygens (including phenoxy) is 1. The number of nitrogens with one attached hydrogen (secondary N) is 2. The summed E-state index contributed by atoms with van der Waals surface area (Å²) in [7, 11) is -2.13. The Bertz CT molecular complexity index is 1260. The van der Waals surface area contributed by atoms with E-state index in [2.05, 4.69) is 15.1 Å². The third kappa shape index (κ3) is 4.49. The average molecular weight is 468 g/mol. The highest BCUT2D eigenvalue weighted by Gasteiger charge is 2.25. The van der Waals surface area contributed by atoms with Gasteiger partial charge in [0.25, 0.3) is 5.91 Å². The monoisotopic (exact) mass is 467 g/mol. The second-order valence-corrected chi connectivity index (χ2v) is 8.98. The van der Waals surface area contributed by atoms with Crippen LogP contribution < -0.4 is 10.0 Å². The minimum Gasteiger partial charge on any atom is -0.379 e. The fraction of sp³-hybridized carbons (Fsp3) is 0.263. The molecule has 164 valence electrons. The van der Waals surface area contributed by atoms with Gasteiger partial charge in [0.05, 0.1) is 29.4 Å². The van der Waals surface area contributed by atoms with E-state index >= 15 is 0 Å². The Balaban J connectivity index is 1.58. The Morgan fingerprint density at radius 2 is 1.87 bits per heavy atom. The summed E-state index contributed by atoms with van der Waals surface area (Å²) in [6.45, 7) is 1.24. The molecule has 0 spiro atoms. The first-order chi connectivity index (χ1) is 14.7. The largest absolute Gasteiger partial charge is 0.379 e. The third-order valence-electron chi connectivity index (χ3n) is 4.78. The number of rotatable bonds is 5. The summed E-state index contributed by atoms with van der Waals surface area (Å²) in [4.78, 5) is 12.8. The quantitative estimate of drug-likeness (QED) is 0.600. The molecule has 0 unspecified atom stereocenters. The Kier molecular flexibility index (Phi) is 5.84. The molecular formula is C19H19ClFN5O4S. The fourth-order valence-electron chi connectivity index (χ4n) is 3.30. The van der Waals surface area contributed by atoms with Crippen molar-refractivity contribution in [2.45, 2.75) is 0 Å². The smallest absolute Gasteiger partial charge is 0.301 e. The van der Waals surface area contributed by atoms with Crippen LogP contribution in [0, 0.1) is 5.82 Å². The second kappa shape index (κ2) is 8.42. The SMILES string of the molecule is Cn1nc2cc(NS(=O)(=O)N3CCOCC3)ccc2c1C(=O)Nc1ccc(F)c(Cl)c1. The Morgan fingerprint density at radius 3 is 2.58 bits per heavy atom. The van der Waals surface area contributed by atoms with Crippen molar-refractivity contribution in [3.63, 3.8) is 0 Å². The van der Waals surface area contributed by atoms with Gasteiger partial charge in [-0.3, -0.25) is 14.2 Å². The van der Waals surface area contributed by atoms with Crippen LogP contribution in [0.1, 0.15) is 10.5 Å². The number of carbonyl (C=O) groups is 1. The Labute approximate surface area is 182 Å². The molecule has 0 radical (unpaired) electrons. The van der Waals surface area contributed by atoms with E-state index in [9.17, 15) is 17.6 Å². The lowest BCUT2D eigenvalue weighted by Gasteiger charge is -2.26. The van der Waals surface area contributed by atoms with Crippen LogP contribution in [-0.2, 0) is 22.0 Å². The molecule has 1 aromatic heterocycles. The number of hydrogen-bond acceptors (Lipinski definition) is 5. The van der Waals surface area contributed by atoms with Crippen molar-refractivity contribution < 1.29 is 22.3 Å². The van der Waals surface area contributed by atoms with Crippen molar-refractivity contribution in [1.82, 2.24) is 14.1 Å². The summed E-state index contributed by atoms with van der Waals surface area (Å²) in [6.07, 6.45) is 0. The highest BCUT2D eigenvalue weighted by atomic mass is 35.5. The zero-order valence-electron chi connectivity index (χ0n) is 16.4. The number of hydrogen-bond donors (Lipinski definition) is 2. The molecule has 1 saturated heterocycles. The predicted molar refractivity (Wildman–Crippen MR) is 115 cm³/mol. The van der Waals surface area contributed by atoms with E-state index in [-0.39, 0.29) is 23.8 Å². The maximum Gasteiger partial charge on any atom is 0.301 e. The minimum atomic E-state index is -3.73. The van der Waals surface area contributed by atoms with Crippen LogP contribution >= 0.6 is 11.6 Å². The lowest BCUT2D eigenvalue weighted by molar-refractivity contribution is 0.0733. The van der Waals surface area contributed by atoms with Crippen molar-refractivity contribution in [2.24, 2.45) is 7.05 Å². The standard InChI is InChI=1S/C19H19ClFN5O4S/c1-25-18(19(27)22-12-3-5-16(21)15(20)10-12)14-4-2-13(11-17(14)23-25)24-31(28,29)26-6-8-30-9-7-26/h2-5,10-11,24H,6-9H2,1H3,(H,22,27). The van der Waals surface area contributed by atoms with Crippen LogP contribution in [0.25, 0.3) is 10.9 Å². The summed E-state index contributed by atoms with van der Waals surface area (Å²) >= 11 is 5.76. The molecule has 1 amide bonds. The van der Waals surface area contributed by atoms with Crippen LogP contribution in [0.2, 0.25) is 5.02 Å². The molecule has 1 fully saturated rings. The fourth-order valence-corrected chi connectivity index (χ4v) is 4.66. The second-order valence-electron chi connectivity index (χ2n) is 6.91. The molecule has 0 bridgehead atoms.